The van der Waals surface area contributed by atoms with Crippen molar-refractivity contribution < 1.29 is 0 Å². The molecule has 2 aliphatic carbocycles. The molecule has 0 aliphatic heterocycles. The van der Waals surface area contributed by atoms with Crippen LogP contribution in [0.5, 0.6) is 0 Å². The lowest BCUT2D eigenvalue weighted by molar-refractivity contribution is 0.156. The van der Waals surface area contributed by atoms with E-state index in [4.69, 9.17) is 0 Å². The summed E-state index contributed by atoms with van der Waals surface area (Å²) in [5, 5.41) is 0.936. The van der Waals surface area contributed by atoms with Gasteiger partial charge < -0.3 is 0 Å². The highest BCUT2D eigenvalue weighted by molar-refractivity contribution is 7.99. The number of hydrogen-bond donors (Lipinski definition) is 0. The Bertz CT molecular complexity index is 197. The molecule has 12 heavy (non-hydrogen) atoms. The van der Waals surface area contributed by atoms with Crippen molar-refractivity contribution in [1.29, 1.82) is 0 Å². The van der Waals surface area contributed by atoms with Crippen LogP contribution in [0.2, 0.25) is 0 Å². The lowest BCUT2D eigenvalue weighted by Crippen LogP contribution is -2.33. The standard InChI is InChI=1S/C11H20S/c1-10(2)8-5-6-11(10,3)9(7-8)12-4/h8-9H,5-7H2,1-4H3. The fourth-order valence-electron chi connectivity index (χ4n) is 3.49. The topological polar surface area (TPSA) is 0 Å². The molecule has 70 valence electrons. The van der Waals surface area contributed by atoms with Gasteiger partial charge >= 0.3 is 0 Å². The molecule has 0 radical (unpaired) electrons. The Morgan fingerprint density at radius 2 is 1.92 bits per heavy atom. The molecule has 1 heteroatoms. The van der Waals surface area contributed by atoms with Crippen LogP contribution >= 0.6 is 11.8 Å². The monoisotopic (exact) mass is 184 g/mol. The number of hydrogen-bond acceptors (Lipinski definition) is 1. The van der Waals surface area contributed by atoms with E-state index in [1.807, 2.05) is 0 Å². The summed E-state index contributed by atoms with van der Waals surface area (Å²) in [4.78, 5) is 0. The van der Waals surface area contributed by atoms with E-state index in [1.165, 1.54) is 19.3 Å². The van der Waals surface area contributed by atoms with Gasteiger partial charge in [0.1, 0.15) is 0 Å². The average molecular weight is 184 g/mol. The quantitative estimate of drug-likeness (QED) is 0.600. The third-order valence-corrected chi connectivity index (χ3v) is 6.28. The highest BCUT2D eigenvalue weighted by Gasteiger charge is 2.60. The first-order valence-electron chi connectivity index (χ1n) is 5.05. The second kappa shape index (κ2) is 2.43. The zero-order chi connectivity index (χ0) is 8.98. The van der Waals surface area contributed by atoms with E-state index in [1.54, 1.807) is 0 Å². The van der Waals surface area contributed by atoms with Gasteiger partial charge in [0, 0.05) is 5.25 Å². The van der Waals surface area contributed by atoms with Crippen LogP contribution in [-0.2, 0) is 0 Å². The number of thioether (sulfide) groups is 1. The molecule has 0 spiro atoms. The van der Waals surface area contributed by atoms with Gasteiger partial charge in [-0.25, -0.2) is 0 Å². The number of fused-ring (bicyclic) bond motifs is 2. The smallest absolute Gasteiger partial charge is 0.0106 e. The molecule has 3 atom stereocenters. The van der Waals surface area contributed by atoms with Crippen LogP contribution in [0.15, 0.2) is 0 Å². The molecule has 2 bridgehead atoms. The van der Waals surface area contributed by atoms with Crippen molar-refractivity contribution in [3.8, 4) is 0 Å². The van der Waals surface area contributed by atoms with E-state index in [-0.39, 0.29) is 0 Å². The minimum Gasteiger partial charge on any atom is -0.161 e. The summed E-state index contributed by atoms with van der Waals surface area (Å²) in [6.07, 6.45) is 6.72. The second-order valence-electron chi connectivity index (χ2n) is 5.33. The lowest BCUT2D eigenvalue weighted by atomic mass is 9.71. The van der Waals surface area contributed by atoms with E-state index < -0.39 is 0 Å². The minimum absolute atomic E-state index is 0.612. The maximum atomic E-state index is 2.52. The Labute approximate surface area is 80.5 Å². The average Bonchev–Trinajstić information content (AvgIpc) is 2.34. The maximum Gasteiger partial charge on any atom is 0.0106 e. The fourth-order valence-corrected chi connectivity index (χ4v) is 4.85. The molecule has 0 aromatic rings. The molecular formula is C11H20S. The van der Waals surface area contributed by atoms with Gasteiger partial charge in [-0.2, -0.15) is 11.8 Å². The second-order valence-corrected chi connectivity index (χ2v) is 6.38. The van der Waals surface area contributed by atoms with E-state index in [2.05, 4.69) is 38.8 Å². The van der Waals surface area contributed by atoms with E-state index in [0.29, 0.717) is 10.8 Å². The van der Waals surface area contributed by atoms with Gasteiger partial charge in [-0.05, 0) is 42.3 Å². The first-order valence-corrected chi connectivity index (χ1v) is 6.34. The molecule has 0 aromatic carbocycles. The Morgan fingerprint density at radius 1 is 1.25 bits per heavy atom. The zero-order valence-electron chi connectivity index (χ0n) is 8.68. The van der Waals surface area contributed by atoms with Crippen LogP contribution < -0.4 is 0 Å². The van der Waals surface area contributed by atoms with Crippen molar-refractivity contribution >= 4 is 11.8 Å². The summed E-state index contributed by atoms with van der Waals surface area (Å²) in [6, 6.07) is 0. The summed E-state index contributed by atoms with van der Waals surface area (Å²) in [5.74, 6) is 1.01. The largest absolute Gasteiger partial charge is 0.161 e. The first-order chi connectivity index (χ1) is 5.52. The summed E-state index contributed by atoms with van der Waals surface area (Å²) >= 11 is 2.10. The maximum absolute atomic E-state index is 2.52. The Morgan fingerprint density at radius 3 is 2.17 bits per heavy atom. The summed E-state index contributed by atoms with van der Waals surface area (Å²) < 4.78 is 0. The first kappa shape index (κ1) is 8.93. The predicted molar refractivity (Wildman–Crippen MR) is 56.5 cm³/mol. The van der Waals surface area contributed by atoms with Gasteiger partial charge in [-0.3, -0.25) is 0 Å². The summed E-state index contributed by atoms with van der Waals surface area (Å²) in [6.45, 7) is 7.49. The normalized spacial score (nSPS) is 50.0. The van der Waals surface area contributed by atoms with Crippen molar-refractivity contribution in [3.05, 3.63) is 0 Å². The van der Waals surface area contributed by atoms with E-state index >= 15 is 0 Å². The van der Waals surface area contributed by atoms with E-state index in [9.17, 15) is 0 Å². The molecule has 0 N–H and O–H groups in total. The molecule has 0 amide bonds. The predicted octanol–water partition coefficient (Wildman–Crippen LogP) is 3.56. The minimum atomic E-state index is 0.612. The van der Waals surface area contributed by atoms with Crippen molar-refractivity contribution in [1.82, 2.24) is 0 Å². The van der Waals surface area contributed by atoms with Gasteiger partial charge in [0.05, 0.1) is 0 Å². The van der Waals surface area contributed by atoms with Crippen LogP contribution in [0.4, 0.5) is 0 Å². The Hall–Kier alpha value is 0.350. The SMILES string of the molecule is CSC1CC2CCC1(C)C2(C)C. The Kier molecular flexibility index (Phi) is 1.81. The highest BCUT2D eigenvalue weighted by Crippen LogP contribution is 2.67. The van der Waals surface area contributed by atoms with Gasteiger partial charge in [-0.1, -0.05) is 20.8 Å². The molecule has 3 unspecified atom stereocenters. The van der Waals surface area contributed by atoms with Crippen LogP contribution in [-0.4, -0.2) is 11.5 Å². The number of rotatable bonds is 1. The third kappa shape index (κ3) is 0.814. The van der Waals surface area contributed by atoms with Crippen LogP contribution in [0.3, 0.4) is 0 Å². The molecule has 0 aromatic heterocycles. The summed E-state index contributed by atoms with van der Waals surface area (Å²) in [7, 11) is 0. The van der Waals surface area contributed by atoms with Gasteiger partial charge in [0.15, 0.2) is 0 Å². The van der Waals surface area contributed by atoms with Crippen molar-refractivity contribution in [3.63, 3.8) is 0 Å². The molecule has 2 saturated carbocycles. The fraction of sp³-hybridized carbons (Fsp3) is 1.00. The molecule has 2 rings (SSSR count). The van der Waals surface area contributed by atoms with Gasteiger partial charge in [0.25, 0.3) is 0 Å². The molecule has 0 heterocycles. The third-order valence-electron chi connectivity index (χ3n) is 5.00. The molecule has 0 nitrogen and oxygen atoms in total. The highest BCUT2D eigenvalue weighted by atomic mass is 32.2. The van der Waals surface area contributed by atoms with Crippen LogP contribution in [0.25, 0.3) is 0 Å². The Balaban J connectivity index is 2.33. The van der Waals surface area contributed by atoms with Gasteiger partial charge in [0.2, 0.25) is 0 Å². The van der Waals surface area contributed by atoms with Crippen molar-refractivity contribution in [2.75, 3.05) is 6.26 Å². The molecule has 0 saturated heterocycles. The molecule has 2 aliphatic rings. The van der Waals surface area contributed by atoms with Crippen LogP contribution in [0.1, 0.15) is 40.0 Å². The molecular weight excluding hydrogens is 164 g/mol. The van der Waals surface area contributed by atoms with Crippen molar-refractivity contribution in [2.45, 2.75) is 45.3 Å². The zero-order valence-corrected chi connectivity index (χ0v) is 9.50. The van der Waals surface area contributed by atoms with E-state index in [0.717, 1.165) is 11.2 Å². The van der Waals surface area contributed by atoms with Crippen molar-refractivity contribution in [2.24, 2.45) is 16.7 Å². The molecule has 2 fully saturated rings. The lowest BCUT2D eigenvalue weighted by Gasteiger charge is -2.38. The van der Waals surface area contributed by atoms with Crippen LogP contribution in [0, 0.1) is 16.7 Å². The van der Waals surface area contributed by atoms with Gasteiger partial charge in [-0.15, -0.1) is 0 Å². The summed E-state index contributed by atoms with van der Waals surface area (Å²) in [5.41, 5.74) is 1.25.